The molecule has 0 spiro atoms. The average molecular weight is 348 g/mol. The van der Waals surface area contributed by atoms with Crippen LogP contribution >= 0.6 is 0 Å². The number of carbonyl (C=O) groups is 1. The zero-order valence-corrected chi connectivity index (χ0v) is 15.7. The molecule has 2 aromatic rings. The zero-order chi connectivity index (χ0) is 17.6. The molecule has 0 aliphatic carbocycles. The standard InChI is InChI=1S/C16H24N4O3Si/c1-5-23-16(21)15-14(13-8-6-7-9-17-13)18-20(19-15)12-22-10-11-24(2,3)4/h6-9H,5,10-12H2,1-4H3. The van der Waals surface area contributed by atoms with Crippen LogP contribution in [0, 0.1) is 0 Å². The van der Waals surface area contributed by atoms with E-state index in [1.807, 2.05) is 6.07 Å². The van der Waals surface area contributed by atoms with Gasteiger partial charge in [-0.05, 0) is 25.1 Å². The van der Waals surface area contributed by atoms with Gasteiger partial charge in [0.25, 0.3) is 0 Å². The Labute approximate surface area is 143 Å². The summed E-state index contributed by atoms with van der Waals surface area (Å²) in [5.41, 5.74) is 1.14. The molecule has 2 aromatic heterocycles. The second-order valence-electron chi connectivity index (χ2n) is 6.55. The molecule has 0 unspecified atom stereocenters. The summed E-state index contributed by atoms with van der Waals surface area (Å²) >= 11 is 0. The summed E-state index contributed by atoms with van der Waals surface area (Å²) in [6.45, 7) is 9.76. The number of rotatable bonds is 8. The highest BCUT2D eigenvalue weighted by Gasteiger charge is 2.22. The van der Waals surface area contributed by atoms with Crippen molar-refractivity contribution in [2.24, 2.45) is 0 Å². The highest BCUT2D eigenvalue weighted by molar-refractivity contribution is 6.76. The van der Waals surface area contributed by atoms with Gasteiger partial charge < -0.3 is 9.47 Å². The van der Waals surface area contributed by atoms with E-state index in [1.165, 1.54) is 4.80 Å². The molecule has 7 nitrogen and oxygen atoms in total. The Balaban J connectivity index is 2.14. The lowest BCUT2D eigenvalue weighted by Crippen LogP contribution is -2.22. The van der Waals surface area contributed by atoms with E-state index < -0.39 is 14.0 Å². The lowest BCUT2D eigenvalue weighted by atomic mass is 10.2. The van der Waals surface area contributed by atoms with E-state index >= 15 is 0 Å². The summed E-state index contributed by atoms with van der Waals surface area (Å²) in [6, 6.07) is 6.48. The number of ether oxygens (including phenoxy) is 2. The number of pyridine rings is 1. The molecule has 0 N–H and O–H groups in total. The van der Waals surface area contributed by atoms with Gasteiger partial charge in [0.05, 0.1) is 12.3 Å². The van der Waals surface area contributed by atoms with Crippen molar-refractivity contribution in [1.29, 1.82) is 0 Å². The second-order valence-corrected chi connectivity index (χ2v) is 12.2. The first-order valence-electron chi connectivity index (χ1n) is 8.02. The van der Waals surface area contributed by atoms with Gasteiger partial charge in [-0.2, -0.15) is 4.80 Å². The lowest BCUT2D eigenvalue weighted by Gasteiger charge is -2.14. The number of carbonyl (C=O) groups excluding carboxylic acids is 1. The average Bonchev–Trinajstić information content (AvgIpc) is 2.96. The number of hydrogen-bond acceptors (Lipinski definition) is 6. The molecule has 0 aliphatic rings. The van der Waals surface area contributed by atoms with Crippen molar-refractivity contribution in [3.05, 3.63) is 30.1 Å². The molecule has 24 heavy (non-hydrogen) atoms. The van der Waals surface area contributed by atoms with Crippen LogP contribution in [0.2, 0.25) is 25.7 Å². The van der Waals surface area contributed by atoms with Crippen LogP contribution in [0.1, 0.15) is 17.4 Å². The maximum Gasteiger partial charge on any atom is 0.361 e. The van der Waals surface area contributed by atoms with Gasteiger partial charge in [-0.1, -0.05) is 25.7 Å². The molecule has 0 atom stereocenters. The van der Waals surface area contributed by atoms with Crippen LogP contribution in [0.3, 0.4) is 0 Å². The maximum absolute atomic E-state index is 12.1. The monoisotopic (exact) mass is 348 g/mol. The smallest absolute Gasteiger partial charge is 0.361 e. The fourth-order valence-electron chi connectivity index (χ4n) is 1.94. The molecule has 2 heterocycles. The Morgan fingerprint density at radius 1 is 1.25 bits per heavy atom. The number of aromatic nitrogens is 4. The summed E-state index contributed by atoms with van der Waals surface area (Å²) < 4.78 is 10.7. The minimum absolute atomic E-state index is 0.157. The third-order valence-corrected chi connectivity index (χ3v) is 4.94. The minimum atomic E-state index is -1.14. The molecule has 8 heteroatoms. The van der Waals surface area contributed by atoms with Crippen LogP contribution in [-0.4, -0.2) is 47.2 Å². The quantitative estimate of drug-likeness (QED) is 0.415. The molecule has 0 saturated heterocycles. The fourth-order valence-corrected chi connectivity index (χ4v) is 2.70. The number of nitrogens with zero attached hydrogens (tertiary/aromatic N) is 4. The van der Waals surface area contributed by atoms with E-state index in [1.54, 1.807) is 25.3 Å². The summed E-state index contributed by atoms with van der Waals surface area (Å²) in [7, 11) is -1.14. The first kappa shape index (κ1) is 18.3. The van der Waals surface area contributed by atoms with Gasteiger partial charge >= 0.3 is 5.97 Å². The Morgan fingerprint density at radius 3 is 2.67 bits per heavy atom. The lowest BCUT2D eigenvalue weighted by molar-refractivity contribution is 0.0507. The predicted octanol–water partition coefficient (Wildman–Crippen LogP) is 2.83. The fraction of sp³-hybridized carbons (Fsp3) is 0.500. The summed E-state index contributed by atoms with van der Waals surface area (Å²) in [4.78, 5) is 17.7. The van der Waals surface area contributed by atoms with E-state index in [2.05, 4.69) is 34.8 Å². The van der Waals surface area contributed by atoms with Crippen LogP contribution in [-0.2, 0) is 16.2 Å². The first-order chi connectivity index (χ1) is 11.4. The van der Waals surface area contributed by atoms with Crippen molar-refractivity contribution in [2.45, 2.75) is 39.3 Å². The normalized spacial score (nSPS) is 11.5. The SMILES string of the molecule is CCOC(=O)c1nn(COCC[Si](C)(C)C)nc1-c1ccccn1. The van der Waals surface area contributed by atoms with Crippen LogP contribution in [0.15, 0.2) is 24.4 Å². The summed E-state index contributed by atoms with van der Waals surface area (Å²) in [5, 5.41) is 8.56. The van der Waals surface area contributed by atoms with Gasteiger partial charge in [-0.3, -0.25) is 4.98 Å². The van der Waals surface area contributed by atoms with E-state index in [9.17, 15) is 4.79 Å². The molecular weight excluding hydrogens is 324 g/mol. The van der Waals surface area contributed by atoms with Gasteiger partial charge in [0.1, 0.15) is 5.69 Å². The Hall–Kier alpha value is -2.06. The Kier molecular flexibility index (Phi) is 6.21. The molecule has 130 valence electrons. The molecule has 0 fully saturated rings. The van der Waals surface area contributed by atoms with E-state index in [0.717, 1.165) is 6.04 Å². The van der Waals surface area contributed by atoms with Crippen molar-refractivity contribution in [1.82, 2.24) is 20.0 Å². The van der Waals surface area contributed by atoms with E-state index in [0.29, 0.717) is 18.0 Å². The third kappa shape index (κ3) is 5.24. The predicted molar refractivity (Wildman–Crippen MR) is 93.3 cm³/mol. The summed E-state index contributed by atoms with van der Waals surface area (Å²) in [6.07, 6.45) is 1.65. The van der Waals surface area contributed by atoms with Gasteiger partial charge in [-0.15, -0.1) is 10.2 Å². The Morgan fingerprint density at radius 2 is 2.04 bits per heavy atom. The largest absolute Gasteiger partial charge is 0.461 e. The Bertz CT molecular complexity index is 668. The highest BCUT2D eigenvalue weighted by atomic mass is 28.3. The van der Waals surface area contributed by atoms with E-state index in [-0.39, 0.29) is 19.0 Å². The van der Waals surface area contributed by atoms with Crippen molar-refractivity contribution in [3.63, 3.8) is 0 Å². The molecule has 0 aliphatic heterocycles. The maximum atomic E-state index is 12.1. The molecule has 0 aromatic carbocycles. The molecule has 2 rings (SSSR count). The zero-order valence-electron chi connectivity index (χ0n) is 14.7. The molecular formula is C16H24N4O3Si. The van der Waals surface area contributed by atoms with Gasteiger partial charge in [0.15, 0.2) is 12.4 Å². The van der Waals surface area contributed by atoms with Gasteiger partial charge in [0, 0.05) is 20.9 Å². The highest BCUT2D eigenvalue weighted by Crippen LogP contribution is 2.18. The second kappa shape index (κ2) is 8.16. The van der Waals surface area contributed by atoms with Crippen LogP contribution in [0.5, 0.6) is 0 Å². The minimum Gasteiger partial charge on any atom is -0.461 e. The van der Waals surface area contributed by atoms with Crippen molar-refractivity contribution >= 4 is 14.0 Å². The third-order valence-electron chi connectivity index (χ3n) is 3.23. The first-order valence-corrected chi connectivity index (χ1v) is 11.7. The van der Waals surface area contributed by atoms with Crippen LogP contribution in [0.4, 0.5) is 0 Å². The molecule has 0 bridgehead atoms. The van der Waals surface area contributed by atoms with Gasteiger partial charge in [0.2, 0.25) is 0 Å². The van der Waals surface area contributed by atoms with E-state index in [4.69, 9.17) is 9.47 Å². The molecule has 0 saturated carbocycles. The molecule has 0 radical (unpaired) electrons. The van der Waals surface area contributed by atoms with Crippen molar-refractivity contribution in [3.8, 4) is 11.4 Å². The molecule has 0 amide bonds. The number of hydrogen-bond donors (Lipinski definition) is 0. The van der Waals surface area contributed by atoms with Crippen LogP contribution in [0.25, 0.3) is 11.4 Å². The van der Waals surface area contributed by atoms with Crippen molar-refractivity contribution < 1.29 is 14.3 Å². The number of esters is 1. The van der Waals surface area contributed by atoms with Crippen LogP contribution < -0.4 is 0 Å². The van der Waals surface area contributed by atoms with Crippen molar-refractivity contribution in [2.75, 3.05) is 13.2 Å². The summed E-state index contributed by atoms with van der Waals surface area (Å²) in [5.74, 6) is -0.508. The van der Waals surface area contributed by atoms with Gasteiger partial charge in [-0.25, -0.2) is 4.79 Å². The topological polar surface area (TPSA) is 79.1 Å².